The van der Waals surface area contributed by atoms with Gasteiger partial charge in [0.25, 0.3) is 0 Å². The van der Waals surface area contributed by atoms with Crippen LogP contribution in [0.1, 0.15) is 0 Å². The van der Waals surface area contributed by atoms with Gasteiger partial charge in [-0.25, -0.2) is 0 Å². The zero-order chi connectivity index (χ0) is 64.1. The van der Waals surface area contributed by atoms with Gasteiger partial charge in [0, 0.05) is 0 Å². The van der Waals surface area contributed by atoms with Crippen molar-refractivity contribution in [2.75, 3.05) is 52.9 Å². The molecule has 0 radical (unpaired) electrons. The highest BCUT2D eigenvalue weighted by atomic mass is 16.8. The molecule has 25 N–H and O–H groups in total. The van der Waals surface area contributed by atoms with Crippen molar-refractivity contribution in [1.82, 2.24) is 0 Å². The number of hydrogen-bond acceptors (Lipinski definition) is 40. The third kappa shape index (κ3) is 13.8. The molecule has 0 aliphatic carbocycles. The Kier molecular flexibility index (Phi) is 24.1. The number of aliphatic hydroxyl groups is 23. The van der Waals surface area contributed by atoms with Gasteiger partial charge in [0.2, 0.25) is 0 Å². The lowest BCUT2D eigenvalue weighted by molar-refractivity contribution is -0.402. The molecule has 512 valence electrons. The van der Waals surface area contributed by atoms with E-state index in [9.17, 15) is 117 Å². The van der Waals surface area contributed by atoms with Crippen LogP contribution < -0.4 is 5.73 Å². The third-order valence-corrected chi connectivity index (χ3v) is 17.0. The van der Waals surface area contributed by atoms with Crippen LogP contribution >= 0.6 is 0 Å². The Hall–Kier alpha value is -1.60. The molecule has 40 atom stereocenters. The summed E-state index contributed by atoms with van der Waals surface area (Å²) in [5.41, 5.74) is 6.37. The molecule has 0 aromatic heterocycles. The fourth-order valence-corrected chi connectivity index (χ4v) is 12.0. The van der Waals surface area contributed by atoms with Crippen molar-refractivity contribution in [3.63, 3.8) is 0 Å². The summed E-state index contributed by atoms with van der Waals surface area (Å²) in [5, 5.41) is 254. The zero-order valence-electron chi connectivity index (χ0n) is 46.1. The minimum atomic E-state index is -2.24. The first-order valence-corrected chi connectivity index (χ1v) is 28.2. The Labute approximate surface area is 496 Å². The molecule has 40 nitrogen and oxygen atoms in total. The first-order chi connectivity index (χ1) is 41.9. The average Bonchev–Trinajstić information content (AvgIpc) is 0.979. The van der Waals surface area contributed by atoms with Gasteiger partial charge in [0.15, 0.2) is 50.3 Å². The van der Waals surface area contributed by atoms with Crippen molar-refractivity contribution in [3.8, 4) is 0 Å². The number of ether oxygens (including phenoxy) is 16. The summed E-state index contributed by atoms with van der Waals surface area (Å²) >= 11 is 0. The second-order valence-electron chi connectivity index (χ2n) is 22.5. The zero-order valence-corrected chi connectivity index (χ0v) is 46.1. The molecule has 88 heavy (non-hydrogen) atoms. The van der Waals surface area contributed by atoms with Crippen LogP contribution in [0.2, 0.25) is 0 Å². The van der Waals surface area contributed by atoms with Gasteiger partial charge in [-0.15, -0.1) is 0 Å². The van der Waals surface area contributed by atoms with Crippen LogP contribution in [-0.2, 0) is 75.8 Å². The molecule has 40 heteroatoms. The first kappa shape index (κ1) is 70.7. The standard InChI is InChI=1S/C48H81NO39/c49-17-18(58)41-73-9(1-50)33(17)81-42-26(66)19(59)35(11(3-52)74-42)83-44-28(68)21(61)37(13(5-54)76-44)85-46-30(70)23(63)39(15(7-56)78-46)87-48-32(72)25(65)40(16(8-57)80-48)88-47-31(71)24(64)38(14(6-55)79-47)86-45-29(69)22(62)36(12(4-53)77-45)84-43-27(67)20(60)34(82-41)10(2-51)75-43/h9-48,50-72H,1-8,49H2/t9?,10?,11-,12-,13-,14-,15-,16-,17+,18+,19-,20-,21-,22-,23-,24-,25-,26-,27-,28-,29-,30-,31-,32-,33-,34-,35-,36-,37-,38-,39-,40-,41-,42-,43-,44-,45-,46-,47-,48-/m1/s1. The third-order valence-electron chi connectivity index (χ3n) is 17.0. The maximum Gasteiger partial charge on any atom is 0.187 e. The Bertz CT molecular complexity index is 1710. The van der Waals surface area contributed by atoms with Crippen LogP contribution in [0, 0.1) is 0 Å². The lowest BCUT2D eigenvalue weighted by Crippen LogP contribution is -2.69. The van der Waals surface area contributed by atoms with Gasteiger partial charge in [0.1, 0.15) is 189 Å². The molecule has 30 rings (SSSR count). The number of rotatable bonds is 8. The predicted molar refractivity (Wildman–Crippen MR) is 263 cm³/mol. The molecule has 0 amide bonds. The molecule has 16 bridgehead atoms. The highest BCUT2D eigenvalue weighted by Crippen LogP contribution is 2.39. The van der Waals surface area contributed by atoms with Crippen molar-refractivity contribution < 1.29 is 193 Å². The summed E-state index contributed by atoms with van der Waals surface area (Å²) < 4.78 is 91.6. The first-order valence-electron chi connectivity index (χ1n) is 28.2. The van der Waals surface area contributed by atoms with Gasteiger partial charge in [-0.05, 0) is 0 Å². The van der Waals surface area contributed by atoms with Gasteiger partial charge in [-0.2, -0.15) is 0 Å². The van der Waals surface area contributed by atoms with Crippen molar-refractivity contribution in [3.05, 3.63) is 0 Å². The van der Waals surface area contributed by atoms with Gasteiger partial charge in [0.05, 0.1) is 58.9 Å². The SMILES string of the molecule is N[C@H]1[C@H](O)[C@@H]2OC(CO)[C@H]1O[C@H]1O[C@H](CO)[C@@H](O[C@H]3O[C@H](CO)[C@@H](O[C@H]4O[C@H](CO)[C@@H](O[C@H]5O[C@H](CO)[C@@H](O[C@H]6O[C@H](CO)[C@@H](O[C@H]7O[C@H](CO)[C@@H](O[C@H]8OC(CO)[C@@H](O2)[C@H](O)[C@H]8O)[C@H](O)[C@H]7O)[C@H](O)[C@H]6O)[C@H](O)[C@H]5O)[C@H](O)[C@H]4O)[C@H](O)[C@H]3O)[C@H](O)[C@H]1O. The lowest BCUT2D eigenvalue weighted by Gasteiger charge is -2.50. The molecule has 0 aromatic rings. The summed E-state index contributed by atoms with van der Waals surface area (Å²) in [5.74, 6) is 0. The molecule has 0 spiro atoms. The highest BCUT2D eigenvalue weighted by molar-refractivity contribution is 5.03. The molecule has 0 saturated carbocycles. The molecular weight excluding hydrogens is 1210 g/mol. The lowest BCUT2D eigenvalue weighted by atomic mass is 9.94. The van der Waals surface area contributed by atoms with Crippen LogP contribution in [0.4, 0.5) is 0 Å². The molecule has 30 saturated heterocycles. The van der Waals surface area contributed by atoms with Crippen LogP contribution in [0.3, 0.4) is 0 Å². The molecule has 30 fully saturated rings. The van der Waals surface area contributed by atoms with E-state index in [0.717, 1.165) is 0 Å². The molecule has 30 heterocycles. The molecule has 2 unspecified atom stereocenters. The van der Waals surface area contributed by atoms with Gasteiger partial charge in [-0.3, -0.25) is 0 Å². The summed E-state index contributed by atoms with van der Waals surface area (Å²) in [7, 11) is 0. The van der Waals surface area contributed by atoms with E-state index in [1.54, 1.807) is 0 Å². The highest BCUT2D eigenvalue weighted by Gasteiger charge is 2.60. The minimum Gasteiger partial charge on any atom is -0.394 e. The minimum absolute atomic E-state index is 1.00. The van der Waals surface area contributed by atoms with Gasteiger partial charge in [-0.1, -0.05) is 0 Å². The second kappa shape index (κ2) is 30.0. The van der Waals surface area contributed by atoms with Crippen molar-refractivity contribution in [1.29, 1.82) is 0 Å². The largest absolute Gasteiger partial charge is 0.394 e. The van der Waals surface area contributed by atoms with Crippen LogP contribution in [0.15, 0.2) is 0 Å². The van der Waals surface area contributed by atoms with Crippen molar-refractivity contribution in [2.45, 2.75) is 246 Å². The number of nitrogens with two attached hydrogens (primary N) is 1. The van der Waals surface area contributed by atoms with E-state index in [4.69, 9.17) is 81.5 Å². The van der Waals surface area contributed by atoms with E-state index in [0.29, 0.717) is 0 Å². The topological polar surface area (TPSA) is 639 Å². The molecule has 0 aromatic carbocycles. The van der Waals surface area contributed by atoms with Gasteiger partial charge < -0.3 is 199 Å². The Balaban J connectivity index is 0.975. The average molecular weight is 1300 g/mol. The Morgan fingerprint density at radius 2 is 0.295 bits per heavy atom. The summed E-state index contributed by atoms with van der Waals surface area (Å²) in [6.07, 6.45) is -78.4. The quantitative estimate of drug-likeness (QED) is 0.107. The van der Waals surface area contributed by atoms with E-state index in [2.05, 4.69) is 0 Å². The summed E-state index contributed by atoms with van der Waals surface area (Å²) in [4.78, 5) is 0. The maximum atomic E-state index is 11.4. The van der Waals surface area contributed by atoms with E-state index >= 15 is 0 Å². The van der Waals surface area contributed by atoms with E-state index in [-0.39, 0.29) is 0 Å². The fourth-order valence-electron chi connectivity index (χ4n) is 12.0. The normalized spacial score (nSPS) is 55.4. The summed E-state index contributed by atoms with van der Waals surface area (Å²) in [6, 6.07) is -1.71. The van der Waals surface area contributed by atoms with Crippen LogP contribution in [-0.4, -0.2) is 416 Å². The van der Waals surface area contributed by atoms with Gasteiger partial charge >= 0.3 is 0 Å². The van der Waals surface area contributed by atoms with E-state index in [1.165, 1.54) is 0 Å². The number of aliphatic hydroxyl groups excluding tert-OH is 23. The van der Waals surface area contributed by atoms with E-state index in [1.807, 2.05) is 0 Å². The fraction of sp³-hybridized carbons (Fsp3) is 1.00. The second-order valence-corrected chi connectivity index (χ2v) is 22.5. The van der Waals surface area contributed by atoms with E-state index < -0.39 is 298 Å². The van der Waals surface area contributed by atoms with Crippen molar-refractivity contribution >= 4 is 0 Å². The van der Waals surface area contributed by atoms with Crippen molar-refractivity contribution in [2.24, 2.45) is 5.73 Å². The Morgan fingerprint density at radius 3 is 0.443 bits per heavy atom. The van der Waals surface area contributed by atoms with Crippen LogP contribution in [0.5, 0.6) is 0 Å². The predicted octanol–water partition coefficient (Wildman–Crippen LogP) is -17.4. The molecule has 30 aliphatic heterocycles. The molecule has 30 aliphatic rings. The Morgan fingerprint density at radius 1 is 0.170 bits per heavy atom. The smallest absolute Gasteiger partial charge is 0.187 e. The monoisotopic (exact) mass is 1300 g/mol. The van der Waals surface area contributed by atoms with Crippen LogP contribution in [0.25, 0.3) is 0 Å². The molecular formula is C48H81NO39. The summed E-state index contributed by atoms with van der Waals surface area (Å²) in [6.45, 7) is -8.46. The number of hydrogen-bond donors (Lipinski definition) is 24. The maximum absolute atomic E-state index is 11.4.